The molecule has 3 atom stereocenters. The average molecular weight is 226 g/mol. The van der Waals surface area contributed by atoms with Crippen LogP contribution in [-0.2, 0) is 4.79 Å². The third kappa shape index (κ3) is 4.12. The summed E-state index contributed by atoms with van der Waals surface area (Å²) in [5, 5.41) is 3.58. The summed E-state index contributed by atoms with van der Waals surface area (Å²) in [4.78, 5) is 10.8. The van der Waals surface area contributed by atoms with Crippen molar-refractivity contribution in [2.75, 3.05) is 0 Å². The highest BCUT2D eigenvalue weighted by Gasteiger charge is 2.28. The van der Waals surface area contributed by atoms with Crippen molar-refractivity contribution in [1.82, 2.24) is 5.32 Å². The average Bonchev–Trinajstić information content (AvgIpc) is 2.16. The van der Waals surface area contributed by atoms with Crippen molar-refractivity contribution in [1.29, 1.82) is 0 Å². The maximum atomic E-state index is 10.8. The van der Waals surface area contributed by atoms with E-state index in [-0.39, 0.29) is 11.9 Å². The molecule has 3 unspecified atom stereocenters. The molecule has 94 valence electrons. The summed E-state index contributed by atoms with van der Waals surface area (Å²) in [5.74, 6) is 1.26. The van der Waals surface area contributed by atoms with E-state index in [2.05, 4.69) is 26.1 Å². The van der Waals surface area contributed by atoms with Gasteiger partial charge >= 0.3 is 0 Å². The van der Waals surface area contributed by atoms with Crippen LogP contribution in [0.3, 0.4) is 0 Å². The van der Waals surface area contributed by atoms with Gasteiger partial charge in [0.05, 0.1) is 0 Å². The molecule has 0 aromatic heterocycles. The zero-order valence-electron chi connectivity index (χ0n) is 10.8. The minimum absolute atomic E-state index is 0.210. The zero-order valence-corrected chi connectivity index (χ0v) is 10.8. The molecule has 1 aliphatic rings. The van der Waals surface area contributed by atoms with Crippen LogP contribution in [0, 0.1) is 11.8 Å². The fraction of sp³-hybridized carbons (Fsp3) is 0.923. The highest BCUT2D eigenvalue weighted by molar-refractivity contribution is 5.74. The Morgan fingerprint density at radius 3 is 2.50 bits per heavy atom. The van der Waals surface area contributed by atoms with E-state index in [1.165, 1.54) is 25.7 Å². The molecule has 16 heavy (non-hydrogen) atoms. The second-order valence-corrected chi connectivity index (χ2v) is 5.54. The van der Waals surface area contributed by atoms with Gasteiger partial charge < -0.3 is 11.1 Å². The molecule has 0 bridgehead atoms. The molecule has 0 heterocycles. The maximum absolute atomic E-state index is 10.8. The second-order valence-electron chi connectivity index (χ2n) is 5.54. The number of hydrogen-bond donors (Lipinski definition) is 2. The smallest absolute Gasteiger partial charge is 0.218 e. The lowest BCUT2D eigenvalue weighted by molar-refractivity contribution is -0.118. The molecule has 1 amide bonds. The molecule has 1 aliphatic carbocycles. The Hall–Kier alpha value is -0.570. The Bertz CT molecular complexity index is 228. The van der Waals surface area contributed by atoms with Crippen molar-refractivity contribution in [2.24, 2.45) is 17.6 Å². The van der Waals surface area contributed by atoms with Gasteiger partial charge in [0.2, 0.25) is 5.91 Å². The topological polar surface area (TPSA) is 55.1 Å². The van der Waals surface area contributed by atoms with Crippen molar-refractivity contribution in [3.8, 4) is 0 Å². The predicted octanol–water partition coefficient (Wildman–Crippen LogP) is 2.05. The molecule has 0 radical (unpaired) electrons. The van der Waals surface area contributed by atoms with E-state index >= 15 is 0 Å². The molecule has 0 spiro atoms. The van der Waals surface area contributed by atoms with Crippen molar-refractivity contribution < 1.29 is 4.79 Å². The Balaban J connectivity index is 2.46. The molecule has 0 aromatic rings. The lowest BCUT2D eigenvalue weighted by atomic mass is 9.77. The first kappa shape index (κ1) is 13.5. The van der Waals surface area contributed by atoms with Gasteiger partial charge in [-0.2, -0.15) is 0 Å². The summed E-state index contributed by atoms with van der Waals surface area (Å²) in [5.41, 5.74) is 5.21. The summed E-state index contributed by atoms with van der Waals surface area (Å²) >= 11 is 0. The minimum Gasteiger partial charge on any atom is -0.370 e. The van der Waals surface area contributed by atoms with Crippen LogP contribution in [0.2, 0.25) is 0 Å². The summed E-state index contributed by atoms with van der Waals surface area (Å²) in [6.07, 6.45) is 5.67. The number of primary amides is 1. The highest BCUT2D eigenvalue weighted by Crippen LogP contribution is 2.30. The SMILES string of the molecule is CC(CC(N)=O)NC1CCCCC1C(C)C. The van der Waals surface area contributed by atoms with Crippen LogP contribution in [-0.4, -0.2) is 18.0 Å². The van der Waals surface area contributed by atoms with Gasteiger partial charge in [0.15, 0.2) is 0 Å². The molecule has 1 rings (SSSR count). The normalized spacial score (nSPS) is 28.0. The number of hydrogen-bond acceptors (Lipinski definition) is 2. The lowest BCUT2D eigenvalue weighted by Crippen LogP contribution is -2.46. The molecule has 1 saturated carbocycles. The van der Waals surface area contributed by atoms with E-state index in [1.807, 2.05) is 0 Å². The highest BCUT2D eigenvalue weighted by atomic mass is 16.1. The van der Waals surface area contributed by atoms with Crippen LogP contribution < -0.4 is 11.1 Å². The van der Waals surface area contributed by atoms with Crippen LogP contribution in [0.1, 0.15) is 52.9 Å². The van der Waals surface area contributed by atoms with Gasteiger partial charge in [-0.05, 0) is 31.6 Å². The molecule has 0 saturated heterocycles. The quantitative estimate of drug-likeness (QED) is 0.754. The summed E-state index contributed by atoms with van der Waals surface area (Å²) in [6.45, 7) is 6.64. The van der Waals surface area contributed by atoms with Crippen molar-refractivity contribution >= 4 is 5.91 Å². The van der Waals surface area contributed by atoms with Crippen LogP contribution >= 0.6 is 0 Å². The molecular formula is C13H26N2O. The minimum atomic E-state index is -0.211. The largest absolute Gasteiger partial charge is 0.370 e. The van der Waals surface area contributed by atoms with Crippen LogP contribution in [0.5, 0.6) is 0 Å². The molecule has 0 aromatic carbocycles. The van der Waals surface area contributed by atoms with Crippen LogP contribution in [0.4, 0.5) is 0 Å². The predicted molar refractivity (Wildman–Crippen MR) is 67.0 cm³/mol. The third-order valence-corrected chi connectivity index (χ3v) is 3.68. The number of rotatable bonds is 5. The molecule has 3 nitrogen and oxygen atoms in total. The Labute approximate surface area is 99.2 Å². The van der Waals surface area contributed by atoms with E-state index in [9.17, 15) is 4.79 Å². The Morgan fingerprint density at radius 2 is 1.94 bits per heavy atom. The van der Waals surface area contributed by atoms with Gasteiger partial charge in [-0.1, -0.05) is 26.7 Å². The van der Waals surface area contributed by atoms with Gasteiger partial charge in [-0.15, -0.1) is 0 Å². The van der Waals surface area contributed by atoms with E-state index in [0.29, 0.717) is 12.5 Å². The monoisotopic (exact) mass is 226 g/mol. The number of amides is 1. The molecule has 3 heteroatoms. The third-order valence-electron chi connectivity index (χ3n) is 3.68. The first-order chi connectivity index (χ1) is 7.50. The van der Waals surface area contributed by atoms with Gasteiger partial charge in [-0.3, -0.25) is 4.79 Å². The fourth-order valence-electron chi connectivity index (χ4n) is 2.89. The second kappa shape index (κ2) is 6.24. The molecule has 1 fully saturated rings. The maximum Gasteiger partial charge on any atom is 0.218 e. The van der Waals surface area contributed by atoms with Crippen LogP contribution in [0.15, 0.2) is 0 Å². The van der Waals surface area contributed by atoms with E-state index in [1.54, 1.807) is 0 Å². The van der Waals surface area contributed by atoms with Gasteiger partial charge in [0.25, 0.3) is 0 Å². The molecule has 0 aliphatic heterocycles. The van der Waals surface area contributed by atoms with Crippen LogP contribution in [0.25, 0.3) is 0 Å². The lowest BCUT2D eigenvalue weighted by Gasteiger charge is -2.36. The van der Waals surface area contributed by atoms with Crippen molar-refractivity contribution in [2.45, 2.75) is 65.0 Å². The zero-order chi connectivity index (χ0) is 12.1. The van der Waals surface area contributed by atoms with Crippen molar-refractivity contribution in [3.63, 3.8) is 0 Å². The van der Waals surface area contributed by atoms with Gasteiger partial charge in [0, 0.05) is 18.5 Å². The summed E-state index contributed by atoms with van der Waals surface area (Å²) < 4.78 is 0. The van der Waals surface area contributed by atoms with E-state index < -0.39 is 0 Å². The summed E-state index contributed by atoms with van der Waals surface area (Å²) in [6, 6.07) is 0.782. The number of carbonyl (C=O) groups excluding carboxylic acids is 1. The van der Waals surface area contributed by atoms with Gasteiger partial charge in [0.1, 0.15) is 0 Å². The molecular weight excluding hydrogens is 200 g/mol. The van der Waals surface area contributed by atoms with Crippen molar-refractivity contribution in [3.05, 3.63) is 0 Å². The number of nitrogens with two attached hydrogens (primary N) is 1. The number of carbonyl (C=O) groups is 1. The first-order valence-electron chi connectivity index (χ1n) is 6.55. The molecule has 3 N–H and O–H groups in total. The Kier molecular flexibility index (Phi) is 5.26. The van der Waals surface area contributed by atoms with E-state index in [0.717, 1.165) is 11.8 Å². The number of nitrogens with one attached hydrogen (secondary N) is 1. The fourth-order valence-corrected chi connectivity index (χ4v) is 2.89. The van der Waals surface area contributed by atoms with E-state index in [4.69, 9.17) is 5.73 Å². The standard InChI is InChI=1S/C13H26N2O/c1-9(2)11-6-4-5-7-12(11)15-10(3)8-13(14)16/h9-12,15H,4-8H2,1-3H3,(H2,14,16). The Morgan fingerprint density at radius 1 is 1.31 bits per heavy atom. The van der Waals surface area contributed by atoms with Gasteiger partial charge in [-0.25, -0.2) is 0 Å². The summed E-state index contributed by atoms with van der Waals surface area (Å²) in [7, 11) is 0. The first-order valence-corrected chi connectivity index (χ1v) is 6.55.